The Kier molecular flexibility index (Phi) is 4.71. The first kappa shape index (κ1) is 14.3. The number of hydrogen-bond donors (Lipinski definition) is 0. The first-order chi connectivity index (χ1) is 10.3. The molecule has 1 saturated heterocycles. The minimum atomic E-state index is -0.00960. The molecule has 3 rings (SSSR count). The van der Waals surface area contributed by atoms with Crippen LogP contribution in [0.5, 0.6) is 0 Å². The summed E-state index contributed by atoms with van der Waals surface area (Å²) in [5, 5.41) is 0.739. The van der Waals surface area contributed by atoms with Crippen molar-refractivity contribution < 1.29 is 9.47 Å². The lowest BCUT2D eigenvalue weighted by Gasteiger charge is -2.21. The topological polar surface area (TPSA) is 18.5 Å². The van der Waals surface area contributed by atoms with Crippen LogP contribution in [0, 0.1) is 0 Å². The molecule has 0 saturated carbocycles. The van der Waals surface area contributed by atoms with E-state index in [1.807, 2.05) is 42.5 Å². The van der Waals surface area contributed by atoms with Crippen LogP contribution in [0.4, 0.5) is 0 Å². The van der Waals surface area contributed by atoms with Gasteiger partial charge in [0.2, 0.25) is 0 Å². The maximum absolute atomic E-state index is 5.99. The molecule has 0 bridgehead atoms. The van der Waals surface area contributed by atoms with E-state index in [-0.39, 0.29) is 6.10 Å². The summed E-state index contributed by atoms with van der Waals surface area (Å²) < 4.78 is 11.2. The lowest BCUT2D eigenvalue weighted by molar-refractivity contribution is -0.0673. The van der Waals surface area contributed by atoms with Gasteiger partial charge in [0.15, 0.2) is 0 Å². The minimum Gasteiger partial charge on any atom is -0.376 e. The molecule has 2 aromatic rings. The highest BCUT2D eigenvalue weighted by molar-refractivity contribution is 6.30. The van der Waals surface area contributed by atoms with Crippen molar-refractivity contribution >= 4 is 17.2 Å². The van der Waals surface area contributed by atoms with Crippen LogP contribution in [0.1, 0.15) is 11.1 Å². The van der Waals surface area contributed by atoms with E-state index in [2.05, 4.69) is 18.2 Å². The minimum absolute atomic E-state index is 0.00960. The molecular weight excluding hydrogens is 284 g/mol. The molecule has 2 nitrogen and oxygen atoms in total. The molecule has 1 fully saturated rings. The third kappa shape index (κ3) is 3.73. The van der Waals surface area contributed by atoms with Crippen LogP contribution in [0.2, 0.25) is 5.02 Å². The largest absolute Gasteiger partial charge is 0.376 e. The average Bonchev–Trinajstić information content (AvgIpc) is 2.55. The standard InChI is InChI=1S/C18H17ClO2/c19-16-8-6-15(7-9-16)18(14-4-2-1-3-5-14)12-17-13-20-10-11-21-17/h1-9,12,17H,10-11,13H2/b18-12-. The zero-order chi connectivity index (χ0) is 14.5. The Morgan fingerprint density at radius 1 is 0.952 bits per heavy atom. The van der Waals surface area contributed by atoms with Crippen molar-refractivity contribution in [1.29, 1.82) is 0 Å². The molecule has 1 atom stereocenters. The smallest absolute Gasteiger partial charge is 0.0999 e. The van der Waals surface area contributed by atoms with Crippen LogP contribution in [-0.4, -0.2) is 25.9 Å². The van der Waals surface area contributed by atoms with Gasteiger partial charge in [-0.3, -0.25) is 0 Å². The fourth-order valence-corrected chi connectivity index (χ4v) is 2.52. The monoisotopic (exact) mass is 300 g/mol. The van der Waals surface area contributed by atoms with E-state index < -0.39 is 0 Å². The van der Waals surface area contributed by atoms with Crippen LogP contribution in [0.15, 0.2) is 60.7 Å². The van der Waals surface area contributed by atoms with E-state index in [9.17, 15) is 0 Å². The highest BCUT2D eigenvalue weighted by atomic mass is 35.5. The second-order valence-corrected chi connectivity index (χ2v) is 5.37. The first-order valence-electron chi connectivity index (χ1n) is 7.05. The fraction of sp³-hybridized carbons (Fsp3) is 0.222. The van der Waals surface area contributed by atoms with E-state index in [1.54, 1.807) is 0 Å². The highest BCUT2D eigenvalue weighted by Gasteiger charge is 2.14. The van der Waals surface area contributed by atoms with Crippen molar-refractivity contribution in [2.45, 2.75) is 6.10 Å². The van der Waals surface area contributed by atoms with E-state index in [1.165, 1.54) is 0 Å². The first-order valence-corrected chi connectivity index (χ1v) is 7.43. The molecule has 1 aliphatic rings. The lowest BCUT2D eigenvalue weighted by Crippen LogP contribution is -2.27. The Morgan fingerprint density at radius 2 is 1.67 bits per heavy atom. The Balaban J connectivity index is 1.98. The predicted octanol–water partition coefficient (Wildman–Crippen LogP) is 4.19. The molecule has 0 spiro atoms. The quantitative estimate of drug-likeness (QED) is 0.846. The molecule has 2 aromatic carbocycles. The number of rotatable bonds is 3. The predicted molar refractivity (Wildman–Crippen MR) is 85.5 cm³/mol. The maximum Gasteiger partial charge on any atom is 0.0999 e. The van der Waals surface area contributed by atoms with E-state index in [0.717, 1.165) is 21.7 Å². The van der Waals surface area contributed by atoms with Crippen molar-refractivity contribution in [3.63, 3.8) is 0 Å². The summed E-state index contributed by atoms with van der Waals surface area (Å²) in [7, 11) is 0. The Labute approximate surface area is 130 Å². The Hall–Kier alpha value is -1.61. The van der Waals surface area contributed by atoms with Gasteiger partial charge in [0.1, 0.15) is 0 Å². The van der Waals surface area contributed by atoms with Crippen LogP contribution in [0.3, 0.4) is 0 Å². The molecule has 1 aliphatic heterocycles. The highest BCUT2D eigenvalue weighted by Crippen LogP contribution is 2.26. The van der Waals surface area contributed by atoms with Gasteiger partial charge in [0.05, 0.1) is 25.9 Å². The summed E-state index contributed by atoms with van der Waals surface area (Å²) in [6.07, 6.45) is 2.13. The molecule has 0 amide bonds. The normalized spacial score (nSPS) is 19.5. The molecule has 1 heterocycles. The van der Waals surface area contributed by atoms with E-state index >= 15 is 0 Å². The second-order valence-electron chi connectivity index (χ2n) is 4.94. The van der Waals surface area contributed by atoms with Gasteiger partial charge in [0, 0.05) is 5.02 Å². The number of halogens is 1. The summed E-state index contributed by atoms with van der Waals surface area (Å²) >= 11 is 5.99. The van der Waals surface area contributed by atoms with E-state index in [0.29, 0.717) is 19.8 Å². The van der Waals surface area contributed by atoms with Gasteiger partial charge in [-0.15, -0.1) is 0 Å². The molecular formula is C18H17ClO2. The summed E-state index contributed by atoms with van der Waals surface area (Å²) in [5.74, 6) is 0. The lowest BCUT2D eigenvalue weighted by atomic mass is 9.96. The van der Waals surface area contributed by atoms with Crippen molar-refractivity contribution in [2.24, 2.45) is 0 Å². The van der Waals surface area contributed by atoms with Gasteiger partial charge in [-0.1, -0.05) is 54.1 Å². The molecule has 0 aromatic heterocycles. The van der Waals surface area contributed by atoms with Gasteiger partial charge in [0.25, 0.3) is 0 Å². The third-order valence-corrected chi connectivity index (χ3v) is 3.69. The number of ether oxygens (including phenoxy) is 2. The van der Waals surface area contributed by atoms with Crippen LogP contribution < -0.4 is 0 Å². The van der Waals surface area contributed by atoms with Crippen LogP contribution in [0.25, 0.3) is 5.57 Å². The summed E-state index contributed by atoms with van der Waals surface area (Å²) in [6, 6.07) is 18.2. The molecule has 0 N–H and O–H groups in total. The molecule has 1 unspecified atom stereocenters. The summed E-state index contributed by atoms with van der Waals surface area (Å²) in [6.45, 7) is 1.92. The van der Waals surface area contributed by atoms with Gasteiger partial charge in [-0.2, -0.15) is 0 Å². The molecule has 108 valence electrons. The summed E-state index contributed by atoms with van der Waals surface area (Å²) in [5.41, 5.74) is 3.43. The SMILES string of the molecule is Clc1ccc(/C(=C\C2COCCO2)c2ccccc2)cc1. The van der Waals surface area contributed by atoms with Crippen molar-refractivity contribution in [3.05, 3.63) is 76.8 Å². The van der Waals surface area contributed by atoms with Gasteiger partial charge >= 0.3 is 0 Å². The van der Waals surface area contributed by atoms with Gasteiger partial charge in [-0.05, 0) is 34.9 Å². The van der Waals surface area contributed by atoms with Crippen molar-refractivity contribution in [1.82, 2.24) is 0 Å². The Bertz CT molecular complexity index is 599. The third-order valence-electron chi connectivity index (χ3n) is 3.43. The molecule has 0 aliphatic carbocycles. The zero-order valence-corrected chi connectivity index (χ0v) is 12.4. The number of benzene rings is 2. The van der Waals surface area contributed by atoms with Crippen LogP contribution in [-0.2, 0) is 9.47 Å². The fourth-order valence-electron chi connectivity index (χ4n) is 2.39. The van der Waals surface area contributed by atoms with Gasteiger partial charge in [-0.25, -0.2) is 0 Å². The van der Waals surface area contributed by atoms with Crippen molar-refractivity contribution in [3.8, 4) is 0 Å². The maximum atomic E-state index is 5.99. The second kappa shape index (κ2) is 6.90. The molecule has 0 radical (unpaired) electrons. The van der Waals surface area contributed by atoms with Gasteiger partial charge < -0.3 is 9.47 Å². The Morgan fingerprint density at radius 3 is 2.33 bits per heavy atom. The average molecular weight is 301 g/mol. The van der Waals surface area contributed by atoms with Crippen molar-refractivity contribution in [2.75, 3.05) is 19.8 Å². The molecule has 3 heteroatoms. The number of hydrogen-bond acceptors (Lipinski definition) is 2. The zero-order valence-electron chi connectivity index (χ0n) is 11.7. The molecule has 21 heavy (non-hydrogen) atoms. The van der Waals surface area contributed by atoms with Crippen LogP contribution >= 0.6 is 11.6 Å². The summed E-state index contributed by atoms with van der Waals surface area (Å²) in [4.78, 5) is 0. The van der Waals surface area contributed by atoms with E-state index in [4.69, 9.17) is 21.1 Å².